The second kappa shape index (κ2) is 10.5. The molecule has 0 bridgehead atoms. The van der Waals surface area contributed by atoms with Crippen LogP contribution in [0.1, 0.15) is 24.1 Å². The zero-order valence-electron chi connectivity index (χ0n) is 18.4. The molecule has 3 rings (SSSR count). The number of amides is 1. The fourth-order valence-electron chi connectivity index (χ4n) is 3.33. The van der Waals surface area contributed by atoms with Crippen molar-refractivity contribution >= 4 is 44.8 Å². The molecule has 0 radical (unpaired) electrons. The summed E-state index contributed by atoms with van der Waals surface area (Å²) in [5.74, 6) is 0.104. The fourth-order valence-corrected chi connectivity index (χ4v) is 5.20. The number of nitrogens with zero attached hydrogens (tertiary/aromatic N) is 1. The molecule has 9 heteroatoms. The number of sulfonamides is 1. The van der Waals surface area contributed by atoms with E-state index in [0.29, 0.717) is 10.8 Å². The molecule has 0 unspecified atom stereocenters. The van der Waals surface area contributed by atoms with E-state index < -0.39 is 28.5 Å². The molecule has 1 atom stereocenters. The maximum absolute atomic E-state index is 13.5. The zero-order chi connectivity index (χ0) is 24.2. The molecule has 3 aromatic rings. The molecule has 3 aromatic carbocycles. The molecular weight excluding hydrogens is 483 g/mol. The van der Waals surface area contributed by atoms with E-state index in [4.69, 9.17) is 27.9 Å². The van der Waals surface area contributed by atoms with Crippen molar-refractivity contribution in [3.63, 3.8) is 0 Å². The molecule has 33 heavy (non-hydrogen) atoms. The first-order valence-electron chi connectivity index (χ1n) is 10.1. The van der Waals surface area contributed by atoms with Gasteiger partial charge < -0.3 is 10.1 Å². The van der Waals surface area contributed by atoms with Gasteiger partial charge in [0, 0.05) is 10.6 Å². The highest BCUT2D eigenvalue weighted by Gasteiger charge is 2.29. The Morgan fingerprint density at radius 2 is 1.73 bits per heavy atom. The fraction of sp³-hybridized carbons (Fsp3) is 0.208. The van der Waals surface area contributed by atoms with Crippen molar-refractivity contribution < 1.29 is 17.9 Å². The minimum absolute atomic E-state index is 0.0368. The van der Waals surface area contributed by atoms with Gasteiger partial charge in [-0.1, -0.05) is 59.1 Å². The van der Waals surface area contributed by atoms with Gasteiger partial charge in [0.1, 0.15) is 12.3 Å². The molecule has 0 heterocycles. The number of rotatable bonds is 8. The first-order chi connectivity index (χ1) is 15.6. The van der Waals surface area contributed by atoms with Crippen LogP contribution in [0.3, 0.4) is 0 Å². The van der Waals surface area contributed by atoms with Crippen molar-refractivity contribution in [1.29, 1.82) is 0 Å². The SMILES string of the molecule is COc1ccccc1[C@@H](C)NC(=O)CN(c1cc(Cl)ccc1Cl)S(=O)(=O)c1ccc(C)cc1. The Kier molecular flexibility index (Phi) is 7.89. The van der Waals surface area contributed by atoms with Crippen LogP contribution in [0.25, 0.3) is 0 Å². The Morgan fingerprint density at radius 3 is 2.39 bits per heavy atom. The average molecular weight is 507 g/mol. The third kappa shape index (κ3) is 5.79. The summed E-state index contributed by atoms with van der Waals surface area (Å²) < 4.78 is 33.4. The van der Waals surface area contributed by atoms with Gasteiger partial charge in [-0.15, -0.1) is 0 Å². The number of ether oxygens (including phenoxy) is 1. The summed E-state index contributed by atoms with van der Waals surface area (Å²) in [6.45, 7) is 3.16. The van der Waals surface area contributed by atoms with Crippen molar-refractivity contribution in [1.82, 2.24) is 5.32 Å². The maximum Gasteiger partial charge on any atom is 0.264 e. The molecule has 0 saturated heterocycles. The molecular formula is C24H24Cl2N2O4S. The number of methoxy groups -OCH3 is 1. The first kappa shape index (κ1) is 24.9. The summed E-state index contributed by atoms with van der Waals surface area (Å²) in [6, 6.07) is 17.7. The normalized spacial score (nSPS) is 12.2. The topological polar surface area (TPSA) is 75.7 Å². The standard InChI is InChI=1S/C24H24Cl2N2O4S/c1-16-8-11-19(12-9-16)33(30,31)28(22-14-18(25)10-13-21(22)26)15-24(29)27-17(2)20-6-4-5-7-23(20)32-3/h4-14,17H,15H2,1-3H3,(H,27,29)/t17-/m1/s1. The summed E-state index contributed by atoms with van der Waals surface area (Å²) in [5.41, 5.74) is 1.79. The lowest BCUT2D eigenvalue weighted by atomic mass is 10.1. The Hall–Kier alpha value is -2.74. The van der Waals surface area contributed by atoms with E-state index in [-0.39, 0.29) is 15.6 Å². The van der Waals surface area contributed by atoms with E-state index in [1.807, 2.05) is 25.1 Å². The van der Waals surface area contributed by atoms with Crippen molar-refractivity contribution in [3.8, 4) is 5.75 Å². The number of carbonyl (C=O) groups excluding carboxylic acids is 1. The third-order valence-corrected chi connectivity index (χ3v) is 7.38. The van der Waals surface area contributed by atoms with E-state index in [1.54, 1.807) is 38.3 Å². The van der Waals surface area contributed by atoms with E-state index in [2.05, 4.69) is 5.32 Å². The van der Waals surface area contributed by atoms with E-state index in [1.165, 1.54) is 24.3 Å². The average Bonchev–Trinajstić information content (AvgIpc) is 2.79. The number of carbonyl (C=O) groups is 1. The minimum atomic E-state index is -4.11. The summed E-state index contributed by atoms with van der Waals surface area (Å²) >= 11 is 12.4. The molecule has 1 N–H and O–H groups in total. The molecule has 0 aliphatic heterocycles. The smallest absolute Gasteiger partial charge is 0.264 e. The number of hydrogen-bond acceptors (Lipinski definition) is 4. The van der Waals surface area contributed by atoms with E-state index in [0.717, 1.165) is 15.4 Å². The van der Waals surface area contributed by atoms with Crippen molar-refractivity contribution in [2.75, 3.05) is 18.0 Å². The number of hydrogen-bond donors (Lipinski definition) is 1. The van der Waals surface area contributed by atoms with Gasteiger partial charge in [-0.05, 0) is 50.2 Å². The Labute approximate surface area is 204 Å². The predicted octanol–water partition coefficient (Wildman–Crippen LogP) is 5.38. The van der Waals surface area contributed by atoms with Crippen molar-refractivity contribution in [3.05, 3.63) is 87.9 Å². The molecule has 6 nitrogen and oxygen atoms in total. The van der Waals surface area contributed by atoms with Crippen molar-refractivity contribution in [2.45, 2.75) is 24.8 Å². The van der Waals surface area contributed by atoms with E-state index >= 15 is 0 Å². The van der Waals surface area contributed by atoms with Gasteiger partial charge in [-0.2, -0.15) is 0 Å². The van der Waals surface area contributed by atoms with Gasteiger partial charge in [0.15, 0.2) is 0 Å². The highest BCUT2D eigenvalue weighted by Crippen LogP contribution is 2.33. The Balaban J connectivity index is 1.95. The van der Waals surface area contributed by atoms with Crippen LogP contribution >= 0.6 is 23.2 Å². The summed E-state index contributed by atoms with van der Waals surface area (Å²) in [4.78, 5) is 13.0. The molecule has 0 aliphatic rings. The van der Waals surface area contributed by atoms with Crippen LogP contribution in [0.4, 0.5) is 5.69 Å². The summed E-state index contributed by atoms with van der Waals surface area (Å²) in [6.07, 6.45) is 0. The number of nitrogens with one attached hydrogen (secondary N) is 1. The number of anilines is 1. The Morgan fingerprint density at radius 1 is 1.06 bits per heavy atom. The van der Waals surface area contributed by atoms with Gasteiger partial charge in [0.25, 0.3) is 10.0 Å². The number of aryl methyl sites for hydroxylation is 1. The van der Waals surface area contributed by atoms with Gasteiger partial charge >= 0.3 is 0 Å². The van der Waals surface area contributed by atoms with Gasteiger partial charge in [0.05, 0.1) is 28.8 Å². The van der Waals surface area contributed by atoms with Crippen LogP contribution in [-0.2, 0) is 14.8 Å². The molecule has 0 spiro atoms. The lowest BCUT2D eigenvalue weighted by Gasteiger charge is -2.26. The first-order valence-corrected chi connectivity index (χ1v) is 12.3. The number of halogens is 2. The zero-order valence-corrected chi connectivity index (χ0v) is 20.7. The lowest BCUT2D eigenvalue weighted by Crippen LogP contribution is -2.41. The quantitative estimate of drug-likeness (QED) is 0.444. The van der Waals surface area contributed by atoms with Crippen LogP contribution in [0.15, 0.2) is 71.6 Å². The van der Waals surface area contributed by atoms with E-state index in [9.17, 15) is 13.2 Å². The van der Waals surface area contributed by atoms with Gasteiger partial charge in [0.2, 0.25) is 5.91 Å². The molecule has 174 valence electrons. The van der Waals surface area contributed by atoms with Crippen LogP contribution in [0.2, 0.25) is 10.0 Å². The largest absolute Gasteiger partial charge is 0.496 e. The van der Waals surface area contributed by atoms with Crippen molar-refractivity contribution in [2.24, 2.45) is 0 Å². The molecule has 0 saturated carbocycles. The second-order valence-corrected chi connectivity index (χ2v) is 10.2. The maximum atomic E-state index is 13.5. The third-order valence-electron chi connectivity index (χ3n) is 5.06. The lowest BCUT2D eigenvalue weighted by molar-refractivity contribution is -0.120. The number of benzene rings is 3. The van der Waals surface area contributed by atoms with Crippen LogP contribution in [0.5, 0.6) is 5.75 Å². The van der Waals surface area contributed by atoms with Gasteiger partial charge in [-0.25, -0.2) is 8.42 Å². The molecule has 0 fully saturated rings. The van der Waals surface area contributed by atoms with Crippen LogP contribution in [-0.4, -0.2) is 28.0 Å². The second-order valence-electron chi connectivity index (χ2n) is 7.45. The molecule has 0 aromatic heterocycles. The highest BCUT2D eigenvalue weighted by atomic mass is 35.5. The minimum Gasteiger partial charge on any atom is -0.496 e. The number of para-hydroxylation sites is 1. The summed E-state index contributed by atoms with van der Waals surface area (Å²) in [5, 5.41) is 3.28. The Bertz CT molecular complexity index is 1250. The van der Waals surface area contributed by atoms with Crippen LogP contribution in [0, 0.1) is 6.92 Å². The highest BCUT2D eigenvalue weighted by molar-refractivity contribution is 7.92. The predicted molar refractivity (Wildman–Crippen MR) is 132 cm³/mol. The summed E-state index contributed by atoms with van der Waals surface area (Å²) in [7, 11) is -2.57. The monoisotopic (exact) mass is 506 g/mol. The van der Waals surface area contributed by atoms with Crippen LogP contribution < -0.4 is 14.4 Å². The van der Waals surface area contributed by atoms with Gasteiger partial charge in [-0.3, -0.25) is 9.10 Å². The molecule has 1 amide bonds. The molecule has 0 aliphatic carbocycles.